The van der Waals surface area contributed by atoms with E-state index >= 15 is 0 Å². The number of benzene rings is 3. The lowest BCUT2D eigenvalue weighted by Crippen LogP contribution is -2.45. The molecule has 0 aromatic heterocycles. The highest BCUT2D eigenvalue weighted by Crippen LogP contribution is 2.25. The Morgan fingerprint density at radius 1 is 0.970 bits per heavy atom. The number of anilines is 1. The van der Waals surface area contributed by atoms with E-state index in [0.29, 0.717) is 23.7 Å². The molecule has 0 heterocycles. The third kappa shape index (κ3) is 6.48. The van der Waals surface area contributed by atoms with E-state index in [-0.39, 0.29) is 4.90 Å². The normalized spacial score (nSPS) is 10.8. The molecule has 0 spiro atoms. The van der Waals surface area contributed by atoms with Crippen LogP contribution in [0.3, 0.4) is 0 Å². The third-order valence-corrected chi connectivity index (χ3v) is 7.11. The number of rotatable bonds is 10. The summed E-state index contributed by atoms with van der Waals surface area (Å²) in [7, 11) is -3.99. The highest BCUT2D eigenvalue weighted by atomic mass is 127. The van der Waals surface area contributed by atoms with E-state index in [4.69, 9.17) is 4.74 Å². The Hall–Kier alpha value is -3.05. The van der Waals surface area contributed by atoms with Crippen LogP contribution in [-0.2, 0) is 14.8 Å². The van der Waals surface area contributed by atoms with Gasteiger partial charge in [-0.1, -0.05) is 36.9 Å². The predicted molar refractivity (Wildman–Crippen MR) is 138 cm³/mol. The molecule has 0 radical (unpaired) electrons. The molecule has 0 saturated heterocycles. The smallest absolute Gasteiger partial charge is 0.264 e. The second kappa shape index (κ2) is 11.2. The lowest BCUT2D eigenvalue weighted by molar-refractivity contribution is -0.120. The number of carbonyl (C=O) groups is 1. The van der Waals surface area contributed by atoms with E-state index in [9.17, 15) is 13.2 Å². The van der Waals surface area contributed by atoms with Crippen LogP contribution < -0.4 is 19.9 Å². The number of hydrogen-bond donors (Lipinski definition) is 2. The number of nitrogens with one attached hydrogen (secondary N) is 2. The molecule has 3 aromatic carbocycles. The average Bonchev–Trinajstić information content (AvgIpc) is 2.83. The molecule has 0 aliphatic heterocycles. The van der Waals surface area contributed by atoms with Crippen molar-refractivity contribution in [3.8, 4) is 5.75 Å². The van der Waals surface area contributed by atoms with Crippen LogP contribution in [0.2, 0.25) is 0 Å². The molecule has 1 amide bonds. The summed E-state index contributed by atoms with van der Waals surface area (Å²) in [5.41, 5.74) is 6.91. The van der Waals surface area contributed by atoms with Crippen LogP contribution in [0.5, 0.6) is 5.75 Å². The first kappa shape index (κ1) is 24.6. The number of nitrogens with zero attached hydrogens (tertiary/aromatic N) is 1. The summed E-state index contributed by atoms with van der Waals surface area (Å²) in [4.78, 5) is 12.8. The van der Waals surface area contributed by atoms with Gasteiger partial charge in [0.15, 0.2) is 0 Å². The fourth-order valence-corrected chi connectivity index (χ4v) is 4.75. The Morgan fingerprint density at radius 3 is 2.21 bits per heavy atom. The van der Waals surface area contributed by atoms with Crippen LogP contribution in [-0.4, -0.2) is 27.5 Å². The van der Waals surface area contributed by atoms with Gasteiger partial charge in [0.05, 0.1) is 22.9 Å². The highest BCUT2D eigenvalue weighted by molar-refractivity contribution is 14.1. The lowest BCUT2D eigenvalue weighted by atomic mass is 10.2. The molecular weight excluding hydrogens is 553 g/mol. The lowest BCUT2D eigenvalue weighted by Gasteiger charge is -2.24. The minimum absolute atomic E-state index is 0.0861. The first-order valence-corrected chi connectivity index (χ1v) is 12.6. The van der Waals surface area contributed by atoms with E-state index in [1.54, 1.807) is 42.5 Å². The Morgan fingerprint density at radius 2 is 1.61 bits per heavy atom. The zero-order valence-electron chi connectivity index (χ0n) is 18.0. The van der Waals surface area contributed by atoms with Crippen molar-refractivity contribution in [2.75, 3.05) is 17.5 Å². The second-order valence-corrected chi connectivity index (χ2v) is 10.0. The fourth-order valence-electron chi connectivity index (χ4n) is 2.95. The van der Waals surface area contributed by atoms with Gasteiger partial charge in [-0.15, -0.1) is 0 Å². The largest absolute Gasteiger partial charge is 0.494 e. The van der Waals surface area contributed by atoms with Crippen molar-refractivity contribution in [2.45, 2.75) is 11.8 Å². The first-order valence-electron chi connectivity index (χ1n) is 10.1. The molecule has 2 N–H and O–H groups in total. The maximum Gasteiger partial charge on any atom is 0.264 e. The van der Waals surface area contributed by atoms with Crippen molar-refractivity contribution in [1.82, 2.24) is 10.9 Å². The maximum atomic E-state index is 13.3. The Kier molecular flexibility index (Phi) is 8.34. The molecule has 0 aliphatic rings. The van der Waals surface area contributed by atoms with Crippen LogP contribution in [0.4, 0.5) is 5.69 Å². The second-order valence-electron chi connectivity index (χ2n) is 6.91. The van der Waals surface area contributed by atoms with Crippen LogP contribution >= 0.6 is 22.6 Å². The summed E-state index contributed by atoms with van der Waals surface area (Å²) in [5, 5.41) is 0. The maximum absolute atomic E-state index is 13.3. The van der Waals surface area contributed by atoms with Gasteiger partial charge >= 0.3 is 0 Å². The monoisotopic (exact) mass is 577 g/mol. The quantitative estimate of drug-likeness (QED) is 0.279. The van der Waals surface area contributed by atoms with Gasteiger partial charge in [0.2, 0.25) is 0 Å². The van der Waals surface area contributed by atoms with Crippen molar-refractivity contribution >= 4 is 49.9 Å². The van der Waals surface area contributed by atoms with Crippen LogP contribution in [0.25, 0.3) is 5.70 Å². The molecule has 3 aromatic rings. The van der Waals surface area contributed by atoms with Crippen LogP contribution in [0.15, 0.2) is 90.3 Å². The highest BCUT2D eigenvalue weighted by Gasteiger charge is 2.27. The molecule has 3 rings (SSSR count). The molecule has 33 heavy (non-hydrogen) atoms. The van der Waals surface area contributed by atoms with Gasteiger partial charge in [-0.05, 0) is 83.6 Å². The number of sulfonamides is 1. The number of hydrazine groups is 1. The van der Waals surface area contributed by atoms with Crippen LogP contribution in [0.1, 0.15) is 12.5 Å². The Labute approximate surface area is 207 Å². The topological polar surface area (TPSA) is 87.7 Å². The van der Waals surface area contributed by atoms with Gasteiger partial charge in [-0.3, -0.25) is 20.0 Å². The summed E-state index contributed by atoms with van der Waals surface area (Å²) in [5.74, 6) is 0.0632. The van der Waals surface area contributed by atoms with Gasteiger partial charge in [0, 0.05) is 3.57 Å². The summed E-state index contributed by atoms with van der Waals surface area (Å²) in [6, 6.07) is 22.1. The van der Waals surface area contributed by atoms with E-state index in [1.165, 1.54) is 12.1 Å². The van der Waals surface area contributed by atoms with Crippen molar-refractivity contribution in [2.24, 2.45) is 0 Å². The Bertz CT molecular complexity index is 1200. The summed E-state index contributed by atoms with van der Waals surface area (Å²) >= 11 is 2.20. The molecule has 0 fully saturated rings. The minimum Gasteiger partial charge on any atom is -0.494 e. The molecule has 9 heteroatoms. The molecule has 7 nitrogen and oxygen atoms in total. The SMILES string of the molecule is C=C(NNC(=O)CN(c1ccc(OCC)cc1)S(=O)(=O)c1ccccc1)c1ccc(I)cc1. The summed E-state index contributed by atoms with van der Waals surface area (Å²) < 4.78 is 34.3. The molecule has 0 saturated carbocycles. The summed E-state index contributed by atoms with van der Waals surface area (Å²) in [6.07, 6.45) is 0. The van der Waals surface area contributed by atoms with Crippen molar-refractivity contribution in [3.63, 3.8) is 0 Å². The van der Waals surface area contributed by atoms with E-state index in [0.717, 1.165) is 13.4 Å². The Balaban J connectivity index is 1.79. The minimum atomic E-state index is -3.99. The summed E-state index contributed by atoms with van der Waals surface area (Å²) in [6.45, 7) is 5.83. The van der Waals surface area contributed by atoms with Gasteiger partial charge in [-0.25, -0.2) is 8.42 Å². The molecule has 0 atom stereocenters. The van der Waals surface area contributed by atoms with E-state index in [2.05, 4.69) is 40.0 Å². The number of amides is 1. The van der Waals surface area contributed by atoms with Crippen molar-refractivity contribution < 1.29 is 17.9 Å². The molecule has 0 unspecified atom stereocenters. The van der Waals surface area contributed by atoms with Gasteiger partial charge in [0.1, 0.15) is 12.3 Å². The molecule has 172 valence electrons. The fraction of sp³-hybridized carbons (Fsp3) is 0.125. The standard InChI is InChI=1S/C24H24IN3O4S/c1-3-32-22-15-13-21(14-16-22)28(33(30,31)23-7-5-4-6-8-23)17-24(29)27-26-18(2)19-9-11-20(25)12-10-19/h4-16,26H,2-3,17H2,1H3,(H,27,29). The molecular formula is C24H24IN3O4S. The predicted octanol–water partition coefficient (Wildman–Crippen LogP) is 4.18. The molecule has 0 aliphatic carbocycles. The number of carbonyl (C=O) groups excluding carboxylic acids is 1. The third-order valence-electron chi connectivity index (χ3n) is 4.60. The number of hydrogen-bond acceptors (Lipinski definition) is 5. The number of halogens is 1. The van der Waals surface area contributed by atoms with Crippen molar-refractivity contribution in [3.05, 3.63) is 94.6 Å². The van der Waals surface area contributed by atoms with E-state index < -0.39 is 22.5 Å². The van der Waals surface area contributed by atoms with Gasteiger partial charge in [-0.2, -0.15) is 0 Å². The van der Waals surface area contributed by atoms with E-state index in [1.807, 2.05) is 31.2 Å². The van der Waals surface area contributed by atoms with Crippen molar-refractivity contribution in [1.29, 1.82) is 0 Å². The zero-order chi connectivity index (χ0) is 23.8. The van der Waals surface area contributed by atoms with Gasteiger partial charge < -0.3 is 4.74 Å². The van der Waals surface area contributed by atoms with Crippen LogP contribution in [0, 0.1) is 3.57 Å². The first-order chi connectivity index (χ1) is 15.8. The number of ether oxygens (including phenoxy) is 1. The zero-order valence-corrected chi connectivity index (χ0v) is 21.0. The average molecular weight is 577 g/mol. The van der Waals surface area contributed by atoms with Gasteiger partial charge in [0.25, 0.3) is 15.9 Å². The molecule has 0 bridgehead atoms.